The SMILES string of the molecule is CC(C(=O)NC1(c2ccccc2)CCC(C2=CCN(Cc3ccccc3)CC2)CC1)c1cc(C(F)(F)F)cc(C(F)(F)F)c1. The summed E-state index contributed by atoms with van der Waals surface area (Å²) < 4.78 is 80.9. The highest BCUT2D eigenvalue weighted by Crippen LogP contribution is 2.44. The van der Waals surface area contributed by atoms with Crippen LogP contribution in [-0.2, 0) is 29.2 Å². The highest BCUT2D eigenvalue weighted by Gasteiger charge is 2.41. The third-order valence-corrected chi connectivity index (χ3v) is 9.13. The molecule has 1 N–H and O–H groups in total. The molecule has 3 aromatic rings. The quantitative estimate of drug-likeness (QED) is 0.213. The minimum Gasteiger partial charge on any atom is -0.346 e. The fraction of sp³-hybridized carbons (Fsp3) is 0.400. The Balaban J connectivity index is 1.31. The monoisotopic (exact) mass is 614 g/mol. The number of carbonyl (C=O) groups excluding carboxylic acids is 1. The van der Waals surface area contributed by atoms with Gasteiger partial charge in [-0.3, -0.25) is 9.69 Å². The summed E-state index contributed by atoms with van der Waals surface area (Å²) in [5.74, 6) is -1.47. The number of halogens is 6. The standard InChI is InChI=1S/C35H36F6N2O/c1-24(28-20-30(34(36,37)38)22-31(21-28)35(39,40)41)32(44)42-33(29-10-6-3-7-11-29)16-12-26(13-17-33)27-14-18-43(19-15-27)23-25-8-4-2-5-9-25/h2-11,14,20-22,24,26H,12-13,15-19,23H2,1H3,(H,42,44). The van der Waals surface area contributed by atoms with Crippen LogP contribution < -0.4 is 5.32 Å². The van der Waals surface area contributed by atoms with Gasteiger partial charge in [0.05, 0.1) is 22.6 Å². The summed E-state index contributed by atoms with van der Waals surface area (Å²) >= 11 is 0. The predicted molar refractivity (Wildman–Crippen MR) is 158 cm³/mol. The second kappa shape index (κ2) is 12.8. The van der Waals surface area contributed by atoms with Crippen LogP contribution >= 0.6 is 0 Å². The topological polar surface area (TPSA) is 32.3 Å². The molecule has 1 aliphatic heterocycles. The summed E-state index contributed by atoms with van der Waals surface area (Å²) in [7, 11) is 0. The van der Waals surface area contributed by atoms with Crippen LogP contribution in [0.15, 0.2) is 90.5 Å². The van der Waals surface area contributed by atoms with Gasteiger partial charge in [-0.15, -0.1) is 0 Å². The maximum Gasteiger partial charge on any atom is 0.416 e. The van der Waals surface area contributed by atoms with Crippen LogP contribution in [0.4, 0.5) is 26.3 Å². The summed E-state index contributed by atoms with van der Waals surface area (Å²) in [5.41, 5.74) is -0.378. The molecule has 1 amide bonds. The molecule has 5 rings (SSSR count). The molecule has 0 aromatic heterocycles. The fourth-order valence-electron chi connectivity index (χ4n) is 6.53. The molecular formula is C35H36F6N2O. The molecule has 3 aromatic carbocycles. The van der Waals surface area contributed by atoms with Gasteiger partial charge in [0.1, 0.15) is 0 Å². The number of alkyl halides is 6. The predicted octanol–water partition coefficient (Wildman–Crippen LogP) is 8.86. The van der Waals surface area contributed by atoms with E-state index in [-0.39, 0.29) is 11.6 Å². The van der Waals surface area contributed by atoms with E-state index in [2.05, 4.69) is 28.4 Å². The molecular weight excluding hydrogens is 578 g/mol. The minimum absolute atomic E-state index is 0.0850. The van der Waals surface area contributed by atoms with Gasteiger partial charge in [0.25, 0.3) is 0 Å². The van der Waals surface area contributed by atoms with E-state index in [1.807, 2.05) is 48.5 Å². The summed E-state index contributed by atoms with van der Waals surface area (Å²) in [6, 6.07) is 21.1. The molecule has 0 bridgehead atoms. The molecule has 3 nitrogen and oxygen atoms in total. The first-order chi connectivity index (χ1) is 20.8. The van der Waals surface area contributed by atoms with Crippen molar-refractivity contribution in [3.63, 3.8) is 0 Å². The summed E-state index contributed by atoms with van der Waals surface area (Å²) in [4.78, 5) is 16.0. The van der Waals surface area contributed by atoms with Crippen LogP contribution in [0.2, 0.25) is 0 Å². The molecule has 9 heteroatoms. The largest absolute Gasteiger partial charge is 0.416 e. The lowest BCUT2D eigenvalue weighted by Crippen LogP contribution is -2.49. The summed E-state index contributed by atoms with van der Waals surface area (Å²) in [5, 5.41) is 3.09. The van der Waals surface area contributed by atoms with Gasteiger partial charge in [-0.1, -0.05) is 72.3 Å². The van der Waals surface area contributed by atoms with E-state index in [9.17, 15) is 31.1 Å². The van der Waals surface area contributed by atoms with Gasteiger partial charge in [-0.05, 0) is 79.8 Å². The molecule has 234 valence electrons. The molecule has 0 radical (unpaired) electrons. The van der Waals surface area contributed by atoms with Crippen molar-refractivity contribution in [3.8, 4) is 0 Å². The smallest absolute Gasteiger partial charge is 0.346 e. The zero-order valence-corrected chi connectivity index (χ0v) is 24.5. The first-order valence-electron chi connectivity index (χ1n) is 15.0. The fourth-order valence-corrected chi connectivity index (χ4v) is 6.53. The Hall–Kier alpha value is -3.59. The van der Waals surface area contributed by atoms with Gasteiger partial charge >= 0.3 is 12.4 Å². The second-order valence-corrected chi connectivity index (χ2v) is 12.0. The average molecular weight is 615 g/mol. The molecule has 1 heterocycles. The molecule has 1 unspecified atom stereocenters. The normalized spacial score (nSPS) is 22.2. The minimum atomic E-state index is -4.98. The Morgan fingerprint density at radius 3 is 1.98 bits per heavy atom. The highest BCUT2D eigenvalue weighted by molar-refractivity contribution is 5.84. The average Bonchev–Trinajstić information content (AvgIpc) is 3.01. The van der Waals surface area contributed by atoms with Crippen molar-refractivity contribution in [3.05, 3.63) is 118 Å². The molecule has 0 spiro atoms. The van der Waals surface area contributed by atoms with Gasteiger partial charge < -0.3 is 5.32 Å². The number of hydrogen-bond donors (Lipinski definition) is 1. The first kappa shape index (κ1) is 31.8. The Bertz CT molecular complexity index is 1430. The number of amides is 1. The van der Waals surface area contributed by atoms with Gasteiger partial charge in [0.2, 0.25) is 5.91 Å². The molecule has 1 saturated carbocycles. The van der Waals surface area contributed by atoms with Crippen LogP contribution in [0.25, 0.3) is 0 Å². The Morgan fingerprint density at radius 2 is 1.45 bits per heavy atom. The van der Waals surface area contributed by atoms with Crippen LogP contribution in [0.3, 0.4) is 0 Å². The molecule has 1 fully saturated rings. The van der Waals surface area contributed by atoms with Crippen molar-refractivity contribution in [2.45, 2.75) is 69.4 Å². The van der Waals surface area contributed by atoms with Gasteiger partial charge in [0, 0.05) is 19.6 Å². The van der Waals surface area contributed by atoms with Crippen molar-refractivity contribution in [1.29, 1.82) is 0 Å². The highest BCUT2D eigenvalue weighted by atomic mass is 19.4. The number of rotatable bonds is 7. The second-order valence-electron chi connectivity index (χ2n) is 12.0. The van der Waals surface area contributed by atoms with Crippen LogP contribution in [0.1, 0.15) is 72.8 Å². The Morgan fingerprint density at radius 1 is 0.886 bits per heavy atom. The maximum atomic E-state index is 13.6. The number of nitrogens with one attached hydrogen (secondary N) is 1. The van der Waals surface area contributed by atoms with Gasteiger partial charge in [0.15, 0.2) is 0 Å². The number of nitrogens with zero attached hydrogens (tertiary/aromatic N) is 1. The van der Waals surface area contributed by atoms with Crippen molar-refractivity contribution < 1.29 is 31.1 Å². The van der Waals surface area contributed by atoms with Crippen LogP contribution in [-0.4, -0.2) is 23.9 Å². The number of carbonyl (C=O) groups is 1. The third-order valence-electron chi connectivity index (χ3n) is 9.13. The molecule has 44 heavy (non-hydrogen) atoms. The number of hydrogen-bond acceptors (Lipinski definition) is 2. The first-order valence-corrected chi connectivity index (χ1v) is 15.0. The Kier molecular flexibility index (Phi) is 9.25. The van der Waals surface area contributed by atoms with E-state index >= 15 is 0 Å². The van der Waals surface area contributed by atoms with E-state index in [0.717, 1.165) is 44.5 Å². The lowest BCUT2D eigenvalue weighted by molar-refractivity contribution is -0.143. The van der Waals surface area contributed by atoms with Gasteiger partial charge in [-0.2, -0.15) is 26.3 Å². The lowest BCUT2D eigenvalue weighted by atomic mass is 9.70. The molecule has 0 saturated heterocycles. The van der Waals surface area contributed by atoms with E-state index < -0.39 is 40.8 Å². The molecule has 2 aliphatic rings. The van der Waals surface area contributed by atoms with E-state index in [1.165, 1.54) is 18.1 Å². The zero-order chi connectivity index (χ0) is 31.5. The maximum absolute atomic E-state index is 13.6. The number of benzene rings is 3. The van der Waals surface area contributed by atoms with Crippen molar-refractivity contribution >= 4 is 5.91 Å². The van der Waals surface area contributed by atoms with E-state index in [0.29, 0.717) is 30.9 Å². The summed E-state index contributed by atoms with van der Waals surface area (Å²) in [6.07, 6.45) is -3.82. The van der Waals surface area contributed by atoms with Crippen molar-refractivity contribution in [2.24, 2.45) is 5.92 Å². The molecule has 1 atom stereocenters. The van der Waals surface area contributed by atoms with Crippen LogP contribution in [0.5, 0.6) is 0 Å². The van der Waals surface area contributed by atoms with Gasteiger partial charge in [-0.25, -0.2) is 0 Å². The third kappa shape index (κ3) is 7.37. The van der Waals surface area contributed by atoms with Crippen LogP contribution in [0, 0.1) is 5.92 Å². The van der Waals surface area contributed by atoms with Crippen molar-refractivity contribution in [2.75, 3.05) is 13.1 Å². The van der Waals surface area contributed by atoms with Crippen molar-refractivity contribution in [1.82, 2.24) is 10.2 Å². The Labute approximate surface area is 254 Å². The molecule has 1 aliphatic carbocycles. The zero-order valence-electron chi connectivity index (χ0n) is 24.5. The lowest BCUT2D eigenvalue weighted by Gasteiger charge is -2.43. The van der Waals surface area contributed by atoms with E-state index in [4.69, 9.17) is 0 Å². The summed E-state index contributed by atoms with van der Waals surface area (Å²) in [6.45, 7) is 4.08. The van der Waals surface area contributed by atoms with E-state index in [1.54, 1.807) is 0 Å².